The van der Waals surface area contributed by atoms with Crippen molar-refractivity contribution in [3.8, 4) is 0 Å². The molecule has 1 amide bonds. The highest BCUT2D eigenvalue weighted by atomic mass is 32.2. The molecule has 0 heterocycles. The molecular weight excluding hydrogens is 158 g/mol. The Labute approximate surface area is 59.0 Å². The smallest absolute Gasteiger partial charge is 0.279 e. The SMILES string of the molecule is CC(C)(C(N)=O)S(=O)(=O)O. The summed E-state index contributed by atoms with van der Waals surface area (Å²) in [5.74, 6) is -1.07. The van der Waals surface area contributed by atoms with Gasteiger partial charge in [-0.25, -0.2) is 0 Å². The minimum Gasteiger partial charge on any atom is -0.368 e. The highest BCUT2D eigenvalue weighted by molar-refractivity contribution is 7.88. The summed E-state index contributed by atoms with van der Waals surface area (Å²) >= 11 is 0. The van der Waals surface area contributed by atoms with Crippen molar-refractivity contribution in [1.82, 2.24) is 0 Å². The standard InChI is InChI=1S/C4H9NO4S/c1-4(2,3(5)6)10(7,8)9/h1-2H3,(H2,5,6)(H,7,8,9). The van der Waals surface area contributed by atoms with E-state index >= 15 is 0 Å². The summed E-state index contributed by atoms with van der Waals surface area (Å²) in [6.45, 7) is 2.06. The first-order valence-electron chi connectivity index (χ1n) is 2.46. The van der Waals surface area contributed by atoms with Gasteiger partial charge in [-0.2, -0.15) is 8.42 Å². The third-order valence-corrected chi connectivity index (χ3v) is 2.73. The fourth-order valence-electron chi connectivity index (χ4n) is 0.127. The minimum atomic E-state index is -4.38. The molecule has 0 radical (unpaired) electrons. The van der Waals surface area contributed by atoms with Crippen molar-refractivity contribution in [1.29, 1.82) is 0 Å². The molecule has 0 aliphatic carbocycles. The summed E-state index contributed by atoms with van der Waals surface area (Å²) in [4.78, 5) is 10.4. The molecule has 0 atom stereocenters. The number of carbonyl (C=O) groups is 1. The summed E-state index contributed by atoms with van der Waals surface area (Å²) in [6, 6.07) is 0. The summed E-state index contributed by atoms with van der Waals surface area (Å²) in [5, 5.41) is 0. The molecule has 0 bridgehead atoms. The molecule has 6 heteroatoms. The lowest BCUT2D eigenvalue weighted by Gasteiger charge is -2.15. The molecule has 0 spiro atoms. The van der Waals surface area contributed by atoms with Gasteiger partial charge in [-0.05, 0) is 13.8 Å². The number of rotatable bonds is 2. The van der Waals surface area contributed by atoms with Gasteiger partial charge in [0.1, 0.15) is 0 Å². The van der Waals surface area contributed by atoms with Gasteiger partial charge in [-0.1, -0.05) is 0 Å². The molecule has 0 unspecified atom stereocenters. The van der Waals surface area contributed by atoms with Crippen LogP contribution in [0.1, 0.15) is 13.8 Å². The topological polar surface area (TPSA) is 97.5 Å². The van der Waals surface area contributed by atoms with Crippen LogP contribution in [0, 0.1) is 0 Å². The Kier molecular flexibility index (Phi) is 2.07. The van der Waals surface area contributed by atoms with E-state index in [1.165, 1.54) is 0 Å². The molecule has 0 aliphatic heterocycles. The lowest BCUT2D eigenvalue weighted by atomic mass is 10.2. The molecule has 0 saturated heterocycles. The fourth-order valence-corrected chi connectivity index (χ4v) is 0.381. The first-order chi connectivity index (χ1) is 4.19. The van der Waals surface area contributed by atoms with Crippen molar-refractivity contribution in [3.05, 3.63) is 0 Å². The zero-order chi connectivity index (χ0) is 8.58. The summed E-state index contributed by atoms with van der Waals surface area (Å²) in [7, 11) is -4.38. The molecule has 0 aromatic carbocycles. The molecule has 3 N–H and O–H groups in total. The van der Waals surface area contributed by atoms with Gasteiger partial charge in [0.05, 0.1) is 0 Å². The van der Waals surface area contributed by atoms with Crippen molar-refractivity contribution >= 4 is 16.0 Å². The molecule has 60 valence electrons. The van der Waals surface area contributed by atoms with Gasteiger partial charge >= 0.3 is 0 Å². The van der Waals surface area contributed by atoms with Crippen molar-refractivity contribution in [2.24, 2.45) is 5.73 Å². The summed E-state index contributed by atoms with van der Waals surface area (Å²) in [6.07, 6.45) is 0. The quantitative estimate of drug-likeness (QED) is 0.523. The summed E-state index contributed by atoms with van der Waals surface area (Å²) < 4.78 is 27.2. The van der Waals surface area contributed by atoms with Gasteiger partial charge in [0.15, 0.2) is 4.75 Å². The fraction of sp³-hybridized carbons (Fsp3) is 0.750. The Balaban J connectivity index is 4.95. The predicted octanol–water partition coefficient (Wildman–Crippen LogP) is -0.862. The maximum Gasteiger partial charge on any atom is 0.279 e. The van der Waals surface area contributed by atoms with Crippen LogP contribution in [0.2, 0.25) is 0 Å². The van der Waals surface area contributed by atoms with Gasteiger partial charge in [0.25, 0.3) is 10.1 Å². The zero-order valence-electron chi connectivity index (χ0n) is 5.66. The molecule has 0 aromatic heterocycles. The molecule has 10 heavy (non-hydrogen) atoms. The van der Waals surface area contributed by atoms with Crippen LogP contribution in [0.25, 0.3) is 0 Å². The Morgan fingerprint density at radius 2 is 1.80 bits per heavy atom. The lowest BCUT2D eigenvalue weighted by Crippen LogP contribution is -2.44. The highest BCUT2D eigenvalue weighted by Gasteiger charge is 2.38. The van der Waals surface area contributed by atoms with Crippen molar-refractivity contribution in [2.45, 2.75) is 18.6 Å². The molecular formula is C4H9NO4S. The molecule has 5 nitrogen and oxygen atoms in total. The molecule has 0 aromatic rings. The second-order valence-electron chi connectivity index (χ2n) is 2.35. The Bertz CT molecular complexity index is 240. The largest absolute Gasteiger partial charge is 0.368 e. The van der Waals surface area contributed by atoms with E-state index in [4.69, 9.17) is 4.55 Å². The van der Waals surface area contributed by atoms with Crippen LogP contribution in [-0.2, 0) is 14.9 Å². The molecule has 0 saturated carbocycles. The van der Waals surface area contributed by atoms with Crippen LogP contribution in [0.4, 0.5) is 0 Å². The molecule has 0 fully saturated rings. The third kappa shape index (κ3) is 1.45. The maximum absolute atomic E-state index is 10.4. The van der Waals surface area contributed by atoms with Gasteiger partial charge in [-0.3, -0.25) is 9.35 Å². The van der Waals surface area contributed by atoms with E-state index in [1.807, 2.05) is 0 Å². The Morgan fingerprint density at radius 3 is 1.80 bits per heavy atom. The van der Waals surface area contributed by atoms with Crippen LogP contribution in [0.15, 0.2) is 0 Å². The van der Waals surface area contributed by atoms with E-state index in [0.717, 1.165) is 13.8 Å². The predicted molar refractivity (Wildman–Crippen MR) is 34.8 cm³/mol. The Hall–Kier alpha value is -0.620. The van der Waals surface area contributed by atoms with Crippen molar-refractivity contribution in [3.63, 3.8) is 0 Å². The van der Waals surface area contributed by atoms with E-state index in [0.29, 0.717) is 0 Å². The number of primary amides is 1. The second kappa shape index (κ2) is 2.21. The van der Waals surface area contributed by atoms with Gasteiger partial charge in [0, 0.05) is 0 Å². The normalized spacial score (nSPS) is 13.1. The highest BCUT2D eigenvalue weighted by Crippen LogP contribution is 2.12. The van der Waals surface area contributed by atoms with Gasteiger partial charge < -0.3 is 5.73 Å². The van der Waals surface area contributed by atoms with E-state index in [2.05, 4.69) is 5.73 Å². The van der Waals surface area contributed by atoms with Crippen LogP contribution >= 0.6 is 0 Å². The van der Waals surface area contributed by atoms with Crippen molar-refractivity contribution in [2.75, 3.05) is 0 Å². The van der Waals surface area contributed by atoms with Crippen LogP contribution < -0.4 is 5.73 Å². The van der Waals surface area contributed by atoms with Gasteiger partial charge in [-0.15, -0.1) is 0 Å². The monoisotopic (exact) mass is 167 g/mol. The number of hydrogen-bond acceptors (Lipinski definition) is 3. The van der Waals surface area contributed by atoms with Crippen molar-refractivity contribution < 1.29 is 17.8 Å². The van der Waals surface area contributed by atoms with E-state index in [9.17, 15) is 13.2 Å². The van der Waals surface area contributed by atoms with Crippen LogP contribution in [0.5, 0.6) is 0 Å². The van der Waals surface area contributed by atoms with Crippen LogP contribution in [-0.4, -0.2) is 23.6 Å². The van der Waals surface area contributed by atoms with E-state index in [1.54, 1.807) is 0 Å². The number of carbonyl (C=O) groups excluding carboxylic acids is 1. The zero-order valence-corrected chi connectivity index (χ0v) is 6.47. The summed E-state index contributed by atoms with van der Waals surface area (Å²) in [5.41, 5.74) is 4.68. The molecule has 0 aliphatic rings. The second-order valence-corrected chi connectivity index (χ2v) is 4.32. The van der Waals surface area contributed by atoms with E-state index < -0.39 is 20.8 Å². The first-order valence-corrected chi connectivity index (χ1v) is 3.90. The average Bonchev–Trinajstić information content (AvgIpc) is 1.62. The maximum atomic E-state index is 10.4. The molecule has 0 rings (SSSR count). The van der Waals surface area contributed by atoms with E-state index in [-0.39, 0.29) is 0 Å². The lowest BCUT2D eigenvalue weighted by molar-refractivity contribution is -0.119. The van der Waals surface area contributed by atoms with Crippen LogP contribution in [0.3, 0.4) is 0 Å². The number of nitrogens with two attached hydrogens (primary N) is 1. The number of amides is 1. The Morgan fingerprint density at radius 1 is 1.50 bits per heavy atom. The third-order valence-electron chi connectivity index (χ3n) is 1.24. The first kappa shape index (κ1) is 9.38. The minimum absolute atomic E-state index is 1.03. The average molecular weight is 167 g/mol. The van der Waals surface area contributed by atoms with Gasteiger partial charge in [0.2, 0.25) is 5.91 Å². The number of hydrogen-bond donors (Lipinski definition) is 2.